The number of carbonyl (C=O) groups excluding carboxylic acids is 1. The summed E-state index contributed by atoms with van der Waals surface area (Å²) >= 11 is 3.09. The van der Waals surface area contributed by atoms with Crippen molar-refractivity contribution in [3.05, 3.63) is 28.5 Å². The Bertz CT molecular complexity index is 554. The molecule has 1 aromatic rings. The van der Waals surface area contributed by atoms with Crippen LogP contribution >= 0.6 is 15.9 Å². The number of rotatable bonds is 2. The van der Waals surface area contributed by atoms with E-state index in [4.69, 9.17) is 5.11 Å². The number of hydrogen-bond acceptors (Lipinski definition) is 3. The molecule has 0 unspecified atom stereocenters. The van der Waals surface area contributed by atoms with Crippen LogP contribution in [-0.2, 0) is 4.79 Å². The quantitative estimate of drug-likeness (QED) is 0.759. The Morgan fingerprint density at radius 3 is 2.75 bits per heavy atom. The number of aliphatic carboxylic acids is 1. The molecule has 0 radical (unpaired) electrons. The fourth-order valence-electron chi connectivity index (χ4n) is 2.05. The third kappa shape index (κ3) is 3.07. The van der Waals surface area contributed by atoms with Crippen LogP contribution in [0.4, 0.5) is 14.9 Å². The molecule has 1 aliphatic rings. The zero-order valence-corrected chi connectivity index (χ0v) is 11.8. The molecule has 20 heavy (non-hydrogen) atoms. The fraction of sp³-hybridized carbons (Fsp3) is 0.333. The molecule has 6 nitrogen and oxygen atoms in total. The number of anilines is 1. The van der Waals surface area contributed by atoms with Gasteiger partial charge in [0, 0.05) is 17.4 Å². The van der Waals surface area contributed by atoms with Gasteiger partial charge in [0.05, 0.1) is 11.8 Å². The Labute approximate surface area is 122 Å². The number of nitrogens with zero attached hydrogens (tertiary/aromatic N) is 1. The van der Waals surface area contributed by atoms with E-state index in [-0.39, 0.29) is 18.7 Å². The monoisotopic (exact) mass is 346 g/mol. The summed E-state index contributed by atoms with van der Waals surface area (Å²) < 4.78 is 14.1. The van der Waals surface area contributed by atoms with E-state index >= 15 is 0 Å². The number of nitrogens with one attached hydrogen (secondary N) is 1. The van der Waals surface area contributed by atoms with Gasteiger partial charge in [-0.25, -0.2) is 14.0 Å². The van der Waals surface area contributed by atoms with Crippen molar-refractivity contribution in [2.24, 2.45) is 0 Å². The molecule has 2 atom stereocenters. The normalized spacial score (nSPS) is 21.9. The molecular weight excluding hydrogens is 335 g/mol. The van der Waals surface area contributed by atoms with E-state index < -0.39 is 30.0 Å². The highest BCUT2D eigenvalue weighted by Crippen LogP contribution is 2.22. The van der Waals surface area contributed by atoms with Crippen molar-refractivity contribution in [1.29, 1.82) is 0 Å². The number of carbonyl (C=O) groups is 2. The summed E-state index contributed by atoms with van der Waals surface area (Å²) in [7, 11) is 0. The summed E-state index contributed by atoms with van der Waals surface area (Å²) in [5.74, 6) is -1.84. The largest absolute Gasteiger partial charge is 0.480 e. The minimum absolute atomic E-state index is 0.0361. The molecule has 0 aromatic heterocycles. The highest BCUT2D eigenvalue weighted by Gasteiger charge is 2.39. The number of aliphatic hydroxyl groups excluding tert-OH is 1. The molecule has 3 N–H and O–H groups in total. The standard InChI is InChI=1S/C12H12BrFN2O4/c13-6-1-2-9(8(14)3-6)15-12(20)16-5-7(17)4-10(16)11(18)19/h1-3,7,10,17H,4-5H2,(H,15,20)(H,18,19)/t7-,10-/m1/s1. The maximum Gasteiger partial charge on any atom is 0.326 e. The minimum Gasteiger partial charge on any atom is -0.480 e. The second-order valence-electron chi connectivity index (χ2n) is 4.45. The number of amides is 2. The number of β-amino-alcohol motifs (C(OH)–C–C–N with tert-alkyl or cyclic N) is 1. The number of carboxylic acid groups (broad SMARTS) is 1. The number of aliphatic hydroxyl groups is 1. The summed E-state index contributed by atoms with van der Waals surface area (Å²) in [5, 5.41) is 20.8. The Morgan fingerprint density at radius 1 is 1.45 bits per heavy atom. The first-order chi connectivity index (χ1) is 9.38. The summed E-state index contributed by atoms with van der Waals surface area (Å²) in [5.41, 5.74) is -0.0521. The van der Waals surface area contributed by atoms with Crippen molar-refractivity contribution >= 4 is 33.6 Å². The molecule has 1 fully saturated rings. The molecule has 2 amide bonds. The van der Waals surface area contributed by atoms with E-state index in [0.717, 1.165) is 4.90 Å². The first kappa shape index (κ1) is 14.7. The SMILES string of the molecule is O=C(O)[C@H]1C[C@@H](O)CN1C(=O)Nc1ccc(Br)cc1F. The molecule has 0 saturated carbocycles. The van der Waals surface area contributed by atoms with Gasteiger partial charge < -0.3 is 20.4 Å². The summed E-state index contributed by atoms with van der Waals surface area (Å²) in [6.07, 6.45) is -0.928. The average Bonchev–Trinajstić information content (AvgIpc) is 2.75. The topological polar surface area (TPSA) is 89.9 Å². The molecule has 108 valence electrons. The van der Waals surface area contributed by atoms with Gasteiger partial charge in [-0.15, -0.1) is 0 Å². The number of urea groups is 1. The average molecular weight is 347 g/mol. The van der Waals surface area contributed by atoms with Crippen molar-refractivity contribution < 1.29 is 24.2 Å². The van der Waals surface area contributed by atoms with Gasteiger partial charge in [-0.05, 0) is 18.2 Å². The van der Waals surface area contributed by atoms with Crippen molar-refractivity contribution in [1.82, 2.24) is 4.90 Å². The van der Waals surface area contributed by atoms with E-state index in [0.29, 0.717) is 4.47 Å². The Hall–Kier alpha value is -1.67. The van der Waals surface area contributed by atoms with Gasteiger partial charge in [0.25, 0.3) is 0 Å². The molecule has 0 aliphatic carbocycles. The lowest BCUT2D eigenvalue weighted by Gasteiger charge is -2.21. The molecule has 0 bridgehead atoms. The van der Waals surface area contributed by atoms with Crippen LogP contribution in [0.3, 0.4) is 0 Å². The van der Waals surface area contributed by atoms with Crippen LogP contribution in [0.1, 0.15) is 6.42 Å². The van der Waals surface area contributed by atoms with Crippen molar-refractivity contribution in [3.8, 4) is 0 Å². The molecule has 1 heterocycles. The van der Waals surface area contributed by atoms with E-state index in [1.807, 2.05) is 0 Å². The third-order valence-electron chi connectivity index (χ3n) is 3.00. The third-order valence-corrected chi connectivity index (χ3v) is 3.49. The summed E-state index contributed by atoms with van der Waals surface area (Å²) in [4.78, 5) is 24.0. The zero-order valence-electron chi connectivity index (χ0n) is 10.2. The van der Waals surface area contributed by atoms with Gasteiger partial charge in [-0.2, -0.15) is 0 Å². The van der Waals surface area contributed by atoms with E-state index in [2.05, 4.69) is 21.2 Å². The second kappa shape index (κ2) is 5.76. The molecule has 2 rings (SSSR count). The van der Waals surface area contributed by atoms with Crippen molar-refractivity contribution in [2.45, 2.75) is 18.6 Å². The van der Waals surface area contributed by atoms with Crippen LogP contribution in [0.2, 0.25) is 0 Å². The number of carboxylic acids is 1. The lowest BCUT2D eigenvalue weighted by atomic mass is 10.2. The van der Waals surface area contributed by atoms with E-state index in [9.17, 15) is 19.1 Å². The van der Waals surface area contributed by atoms with Gasteiger partial charge >= 0.3 is 12.0 Å². The van der Waals surface area contributed by atoms with Gasteiger partial charge in [-0.1, -0.05) is 15.9 Å². The molecular formula is C12H12BrFN2O4. The maximum absolute atomic E-state index is 13.6. The summed E-state index contributed by atoms with van der Waals surface area (Å²) in [6, 6.07) is 2.23. The van der Waals surface area contributed by atoms with Gasteiger partial charge in [0.1, 0.15) is 11.9 Å². The lowest BCUT2D eigenvalue weighted by Crippen LogP contribution is -2.43. The first-order valence-electron chi connectivity index (χ1n) is 5.82. The van der Waals surface area contributed by atoms with E-state index in [1.165, 1.54) is 12.1 Å². The van der Waals surface area contributed by atoms with Crippen molar-refractivity contribution in [2.75, 3.05) is 11.9 Å². The van der Waals surface area contributed by atoms with Crippen LogP contribution in [0.5, 0.6) is 0 Å². The molecule has 1 aromatic carbocycles. The minimum atomic E-state index is -1.20. The predicted octanol–water partition coefficient (Wildman–Crippen LogP) is 1.64. The molecule has 1 saturated heterocycles. The van der Waals surface area contributed by atoms with Gasteiger partial charge in [0.15, 0.2) is 0 Å². The van der Waals surface area contributed by atoms with Gasteiger partial charge in [0.2, 0.25) is 0 Å². The molecule has 8 heteroatoms. The fourth-order valence-corrected chi connectivity index (χ4v) is 2.38. The second-order valence-corrected chi connectivity index (χ2v) is 5.37. The molecule has 0 spiro atoms. The Kier molecular flexibility index (Phi) is 4.24. The number of likely N-dealkylation sites (tertiary alicyclic amines) is 1. The highest BCUT2D eigenvalue weighted by molar-refractivity contribution is 9.10. The zero-order chi connectivity index (χ0) is 14.9. The summed E-state index contributed by atoms with van der Waals surface area (Å²) in [6.45, 7) is -0.0963. The Balaban J connectivity index is 2.13. The van der Waals surface area contributed by atoms with Crippen LogP contribution in [0, 0.1) is 5.82 Å². The highest BCUT2D eigenvalue weighted by atomic mass is 79.9. The predicted molar refractivity (Wildman–Crippen MR) is 71.9 cm³/mol. The van der Waals surface area contributed by atoms with Crippen LogP contribution in [0.15, 0.2) is 22.7 Å². The van der Waals surface area contributed by atoms with Crippen LogP contribution in [-0.4, -0.2) is 45.8 Å². The Morgan fingerprint density at radius 2 is 2.15 bits per heavy atom. The van der Waals surface area contributed by atoms with Gasteiger partial charge in [-0.3, -0.25) is 0 Å². The molecule has 1 aliphatic heterocycles. The van der Waals surface area contributed by atoms with Crippen LogP contribution in [0.25, 0.3) is 0 Å². The first-order valence-corrected chi connectivity index (χ1v) is 6.61. The number of halogens is 2. The van der Waals surface area contributed by atoms with Crippen LogP contribution < -0.4 is 5.32 Å². The van der Waals surface area contributed by atoms with E-state index in [1.54, 1.807) is 6.07 Å². The number of hydrogen-bond donors (Lipinski definition) is 3. The van der Waals surface area contributed by atoms with Crippen molar-refractivity contribution in [3.63, 3.8) is 0 Å². The maximum atomic E-state index is 13.6. The lowest BCUT2D eigenvalue weighted by molar-refractivity contribution is -0.141. The number of benzene rings is 1. The smallest absolute Gasteiger partial charge is 0.326 e.